The number of hydrogen-bond acceptors (Lipinski definition) is 4. The summed E-state index contributed by atoms with van der Waals surface area (Å²) in [6.07, 6.45) is -1.33. The number of carboxylic acids is 1. The number of carbonyl (C=O) groups is 2. The number of halogens is 1. The van der Waals surface area contributed by atoms with Gasteiger partial charge in [-0.05, 0) is 25.1 Å². The van der Waals surface area contributed by atoms with E-state index in [9.17, 15) is 24.2 Å². The second-order valence-electron chi connectivity index (χ2n) is 3.69. The predicted octanol–water partition coefficient (Wildman–Crippen LogP) is 0.0951. The summed E-state index contributed by atoms with van der Waals surface area (Å²) in [5, 5.41) is 29.3. The van der Waals surface area contributed by atoms with Crippen LogP contribution in [-0.2, 0) is 4.79 Å². The minimum absolute atomic E-state index is 0.401. The van der Waals surface area contributed by atoms with Gasteiger partial charge in [0.2, 0.25) is 0 Å². The molecule has 0 saturated carbocycles. The van der Waals surface area contributed by atoms with E-state index in [1.807, 2.05) is 5.32 Å². The number of nitrogens with one attached hydrogen (secondary N) is 1. The van der Waals surface area contributed by atoms with Gasteiger partial charge in [-0.2, -0.15) is 0 Å². The molecule has 0 fully saturated rings. The van der Waals surface area contributed by atoms with Crippen molar-refractivity contribution in [2.75, 3.05) is 0 Å². The van der Waals surface area contributed by atoms with E-state index in [-0.39, 0.29) is 0 Å². The second kappa shape index (κ2) is 5.46. The Balaban J connectivity index is 2.94. The summed E-state index contributed by atoms with van der Waals surface area (Å²) in [4.78, 5) is 22.4. The van der Waals surface area contributed by atoms with Crippen LogP contribution in [0.3, 0.4) is 0 Å². The maximum absolute atomic E-state index is 12.9. The number of aliphatic carboxylic acids is 1. The van der Waals surface area contributed by atoms with Gasteiger partial charge in [0.1, 0.15) is 11.6 Å². The first-order valence-electron chi connectivity index (χ1n) is 5.03. The summed E-state index contributed by atoms with van der Waals surface area (Å²) in [6, 6.07) is 1.16. The highest BCUT2D eigenvalue weighted by molar-refractivity contribution is 5.98. The van der Waals surface area contributed by atoms with E-state index in [4.69, 9.17) is 5.11 Å². The third-order valence-electron chi connectivity index (χ3n) is 2.24. The molecule has 98 valence electrons. The summed E-state index contributed by atoms with van der Waals surface area (Å²) in [7, 11) is 0. The van der Waals surface area contributed by atoms with Gasteiger partial charge in [0.25, 0.3) is 5.91 Å². The summed E-state index contributed by atoms with van der Waals surface area (Å²) >= 11 is 0. The number of carboxylic acid groups (broad SMARTS) is 1. The first-order valence-corrected chi connectivity index (χ1v) is 5.03. The fraction of sp³-hybridized carbons (Fsp3) is 0.273. The first kappa shape index (κ1) is 13.9. The zero-order valence-electron chi connectivity index (χ0n) is 9.42. The van der Waals surface area contributed by atoms with Crippen LogP contribution in [0.25, 0.3) is 0 Å². The van der Waals surface area contributed by atoms with Gasteiger partial charge < -0.3 is 20.6 Å². The minimum atomic E-state index is -1.54. The molecule has 6 nitrogen and oxygen atoms in total. The molecule has 1 rings (SSSR count). The molecule has 0 bridgehead atoms. The molecule has 0 radical (unpaired) electrons. The Morgan fingerprint density at radius 3 is 2.50 bits per heavy atom. The molecule has 18 heavy (non-hydrogen) atoms. The second-order valence-corrected chi connectivity index (χ2v) is 3.69. The van der Waals surface area contributed by atoms with Crippen LogP contribution in [0.2, 0.25) is 0 Å². The third kappa shape index (κ3) is 3.17. The highest BCUT2D eigenvalue weighted by Crippen LogP contribution is 2.17. The Bertz CT molecular complexity index is 475. The van der Waals surface area contributed by atoms with Gasteiger partial charge in [-0.25, -0.2) is 9.18 Å². The van der Waals surface area contributed by atoms with Gasteiger partial charge in [0.15, 0.2) is 6.04 Å². The predicted molar refractivity (Wildman–Crippen MR) is 58.6 cm³/mol. The Morgan fingerprint density at radius 1 is 1.39 bits per heavy atom. The minimum Gasteiger partial charge on any atom is -0.507 e. The number of aliphatic hydroxyl groups is 1. The van der Waals surface area contributed by atoms with Gasteiger partial charge >= 0.3 is 5.97 Å². The largest absolute Gasteiger partial charge is 0.507 e. The number of aliphatic hydroxyl groups excluding tert-OH is 1. The SMILES string of the molecule is C[C@@H](O)[C@H](NC(=O)c1cc(F)ccc1O)C(=O)O. The fourth-order valence-electron chi connectivity index (χ4n) is 1.30. The average molecular weight is 257 g/mol. The monoisotopic (exact) mass is 257 g/mol. The lowest BCUT2D eigenvalue weighted by Gasteiger charge is -2.17. The maximum atomic E-state index is 12.9. The zero-order valence-corrected chi connectivity index (χ0v) is 9.42. The van der Waals surface area contributed by atoms with Gasteiger partial charge in [0, 0.05) is 0 Å². The molecule has 4 N–H and O–H groups in total. The Hall–Kier alpha value is -2.15. The van der Waals surface area contributed by atoms with Crippen molar-refractivity contribution in [1.82, 2.24) is 5.32 Å². The lowest BCUT2D eigenvalue weighted by Crippen LogP contribution is -2.47. The number of phenols is 1. The van der Waals surface area contributed by atoms with Crippen molar-refractivity contribution in [2.45, 2.75) is 19.1 Å². The van der Waals surface area contributed by atoms with Crippen LogP contribution in [0, 0.1) is 5.82 Å². The molecule has 0 saturated heterocycles. The number of benzene rings is 1. The van der Waals surface area contributed by atoms with Crippen LogP contribution < -0.4 is 5.32 Å². The van der Waals surface area contributed by atoms with Crippen LogP contribution in [-0.4, -0.2) is 39.3 Å². The molecular formula is C11H12FNO5. The van der Waals surface area contributed by atoms with E-state index in [0.29, 0.717) is 0 Å². The lowest BCUT2D eigenvalue weighted by molar-refractivity contribution is -0.141. The Labute approximate surface area is 102 Å². The van der Waals surface area contributed by atoms with Gasteiger partial charge in [-0.1, -0.05) is 0 Å². The maximum Gasteiger partial charge on any atom is 0.328 e. The standard InChI is InChI=1S/C11H12FNO5/c1-5(14)9(11(17)18)13-10(16)7-4-6(12)2-3-8(7)15/h2-5,9,14-15H,1H3,(H,13,16)(H,17,18)/t5-,9+/m1/s1. The van der Waals surface area contributed by atoms with Crippen LogP contribution in [0.4, 0.5) is 4.39 Å². The Morgan fingerprint density at radius 2 is 2.00 bits per heavy atom. The van der Waals surface area contributed by atoms with Crippen molar-refractivity contribution in [2.24, 2.45) is 0 Å². The molecule has 0 aromatic heterocycles. The van der Waals surface area contributed by atoms with Gasteiger partial charge in [0.05, 0.1) is 11.7 Å². The molecule has 0 unspecified atom stereocenters. The molecule has 0 spiro atoms. The van der Waals surface area contributed by atoms with E-state index < -0.39 is 41.2 Å². The number of aromatic hydroxyl groups is 1. The van der Waals surface area contributed by atoms with Gasteiger partial charge in [-0.3, -0.25) is 4.79 Å². The van der Waals surface area contributed by atoms with Crippen molar-refractivity contribution < 1.29 is 29.3 Å². The van der Waals surface area contributed by atoms with Crippen LogP contribution in [0.1, 0.15) is 17.3 Å². The molecule has 2 atom stereocenters. The average Bonchev–Trinajstić information content (AvgIpc) is 2.28. The molecular weight excluding hydrogens is 245 g/mol. The van der Waals surface area contributed by atoms with Crippen molar-refractivity contribution >= 4 is 11.9 Å². The topological polar surface area (TPSA) is 107 Å². The molecule has 0 aliphatic heterocycles. The fourth-order valence-corrected chi connectivity index (χ4v) is 1.30. The van der Waals surface area contributed by atoms with E-state index in [0.717, 1.165) is 18.2 Å². The summed E-state index contributed by atoms with van der Waals surface area (Å²) < 4.78 is 12.9. The van der Waals surface area contributed by atoms with Crippen molar-refractivity contribution in [3.8, 4) is 5.75 Å². The van der Waals surface area contributed by atoms with Crippen LogP contribution >= 0.6 is 0 Å². The number of phenolic OH excluding ortho intramolecular Hbond substituents is 1. The molecule has 7 heteroatoms. The molecule has 1 amide bonds. The molecule has 1 aromatic rings. The van der Waals surface area contributed by atoms with Crippen LogP contribution in [0.15, 0.2) is 18.2 Å². The third-order valence-corrected chi connectivity index (χ3v) is 2.24. The molecule has 0 aliphatic carbocycles. The summed E-state index contributed by atoms with van der Waals surface area (Å²) in [5.41, 5.74) is -0.401. The smallest absolute Gasteiger partial charge is 0.328 e. The summed E-state index contributed by atoms with van der Waals surface area (Å²) in [5.74, 6) is -3.65. The van der Waals surface area contributed by atoms with E-state index in [1.54, 1.807) is 0 Å². The number of carbonyl (C=O) groups excluding carboxylic acids is 1. The summed E-state index contributed by atoms with van der Waals surface area (Å²) in [6.45, 7) is 1.19. The van der Waals surface area contributed by atoms with E-state index in [1.165, 1.54) is 6.92 Å². The Kier molecular flexibility index (Phi) is 4.22. The van der Waals surface area contributed by atoms with Crippen molar-refractivity contribution in [3.05, 3.63) is 29.6 Å². The van der Waals surface area contributed by atoms with Gasteiger partial charge in [-0.15, -0.1) is 0 Å². The highest BCUT2D eigenvalue weighted by Gasteiger charge is 2.26. The number of hydrogen-bond donors (Lipinski definition) is 4. The number of rotatable bonds is 4. The highest BCUT2D eigenvalue weighted by atomic mass is 19.1. The lowest BCUT2D eigenvalue weighted by atomic mass is 10.1. The quantitative estimate of drug-likeness (QED) is 0.611. The van der Waals surface area contributed by atoms with Crippen molar-refractivity contribution in [1.29, 1.82) is 0 Å². The van der Waals surface area contributed by atoms with Crippen molar-refractivity contribution in [3.63, 3.8) is 0 Å². The molecule has 1 aromatic carbocycles. The first-order chi connectivity index (χ1) is 8.32. The zero-order chi connectivity index (χ0) is 13.9. The van der Waals surface area contributed by atoms with E-state index in [2.05, 4.69) is 0 Å². The normalized spacial score (nSPS) is 13.7. The van der Waals surface area contributed by atoms with Crippen LogP contribution in [0.5, 0.6) is 5.75 Å². The number of amides is 1. The molecule has 0 aliphatic rings. The molecule has 0 heterocycles. The van der Waals surface area contributed by atoms with E-state index >= 15 is 0 Å².